The molecule has 1 aromatic carbocycles. The molecule has 3 rings (SSSR count). The molecule has 0 saturated carbocycles. The van der Waals surface area contributed by atoms with Crippen molar-refractivity contribution in [3.8, 4) is 11.4 Å². The smallest absolute Gasteiger partial charge is 0.333 e. The van der Waals surface area contributed by atoms with Crippen molar-refractivity contribution >= 4 is 5.91 Å². The third-order valence-electron chi connectivity index (χ3n) is 4.06. The molecule has 0 radical (unpaired) electrons. The fourth-order valence-corrected chi connectivity index (χ4v) is 2.53. The summed E-state index contributed by atoms with van der Waals surface area (Å²) in [6.45, 7) is 3.82. The van der Waals surface area contributed by atoms with Gasteiger partial charge in [-0.15, -0.1) is 0 Å². The van der Waals surface area contributed by atoms with Gasteiger partial charge in [0.05, 0.1) is 6.04 Å². The number of aromatic nitrogens is 2. The molecule has 2 heterocycles. The van der Waals surface area contributed by atoms with Gasteiger partial charge in [-0.05, 0) is 5.56 Å². The van der Waals surface area contributed by atoms with Crippen LogP contribution in [0.4, 0.5) is 13.2 Å². The predicted octanol–water partition coefficient (Wildman–Crippen LogP) is 2.47. The summed E-state index contributed by atoms with van der Waals surface area (Å²) in [7, 11) is 0. The van der Waals surface area contributed by atoms with Crippen molar-refractivity contribution in [3.63, 3.8) is 0 Å². The fourth-order valence-electron chi connectivity index (χ4n) is 2.53. The van der Waals surface area contributed by atoms with Gasteiger partial charge < -0.3 is 14.7 Å². The van der Waals surface area contributed by atoms with Crippen molar-refractivity contribution in [3.05, 3.63) is 35.7 Å². The van der Waals surface area contributed by atoms with Crippen LogP contribution in [0, 0.1) is 0 Å². The maximum absolute atomic E-state index is 12.5. The van der Waals surface area contributed by atoms with Gasteiger partial charge >= 0.3 is 12.1 Å². The third-order valence-corrected chi connectivity index (χ3v) is 4.06. The SMILES string of the molecule is CCC(=O)N(Cc1ccc(-c2noc(C(F)(F)F)n2)cc1)C1CNC1. The van der Waals surface area contributed by atoms with Crippen LogP contribution in [0.15, 0.2) is 28.8 Å². The average molecular weight is 354 g/mol. The summed E-state index contributed by atoms with van der Waals surface area (Å²) in [6, 6.07) is 6.92. The molecule has 2 aromatic rings. The van der Waals surface area contributed by atoms with E-state index in [1.54, 1.807) is 24.3 Å². The van der Waals surface area contributed by atoms with E-state index in [4.69, 9.17) is 0 Å². The van der Waals surface area contributed by atoms with Crippen molar-refractivity contribution in [1.29, 1.82) is 0 Å². The topological polar surface area (TPSA) is 71.3 Å². The van der Waals surface area contributed by atoms with Gasteiger partial charge in [0.1, 0.15) is 0 Å². The zero-order valence-electron chi connectivity index (χ0n) is 13.5. The Bertz CT molecular complexity index is 739. The second-order valence-corrected chi connectivity index (χ2v) is 5.81. The van der Waals surface area contributed by atoms with Gasteiger partial charge in [0.25, 0.3) is 0 Å². The fraction of sp³-hybridized carbons (Fsp3) is 0.438. The van der Waals surface area contributed by atoms with Crippen LogP contribution < -0.4 is 5.32 Å². The van der Waals surface area contributed by atoms with Crippen LogP contribution in [-0.2, 0) is 17.5 Å². The molecule has 0 aliphatic carbocycles. The van der Waals surface area contributed by atoms with Gasteiger partial charge in [-0.3, -0.25) is 4.79 Å². The highest BCUT2D eigenvalue weighted by atomic mass is 19.4. The second-order valence-electron chi connectivity index (χ2n) is 5.81. The van der Waals surface area contributed by atoms with E-state index in [9.17, 15) is 18.0 Å². The van der Waals surface area contributed by atoms with E-state index in [1.807, 2.05) is 11.8 Å². The lowest BCUT2D eigenvalue weighted by atomic mass is 10.1. The Balaban J connectivity index is 1.73. The highest BCUT2D eigenvalue weighted by Gasteiger charge is 2.38. The second kappa shape index (κ2) is 6.83. The summed E-state index contributed by atoms with van der Waals surface area (Å²) in [5.41, 5.74) is 1.30. The molecule has 1 aliphatic heterocycles. The highest BCUT2D eigenvalue weighted by Crippen LogP contribution is 2.29. The van der Waals surface area contributed by atoms with Crippen LogP contribution in [0.3, 0.4) is 0 Å². The normalized spacial score (nSPS) is 15.0. The van der Waals surface area contributed by atoms with E-state index in [0.717, 1.165) is 18.7 Å². The molecule has 0 bridgehead atoms. The minimum Gasteiger partial charge on any atom is -0.333 e. The van der Waals surface area contributed by atoms with Gasteiger partial charge in [0.2, 0.25) is 11.7 Å². The van der Waals surface area contributed by atoms with Gasteiger partial charge in [-0.25, -0.2) is 0 Å². The van der Waals surface area contributed by atoms with E-state index in [0.29, 0.717) is 18.5 Å². The van der Waals surface area contributed by atoms with Crippen LogP contribution in [0.25, 0.3) is 11.4 Å². The Morgan fingerprint density at radius 2 is 2.00 bits per heavy atom. The Morgan fingerprint density at radius 3 is 2.48 bits per heavy atom. The largest absolute Gasteiger partial charge is 0.471 e. The molecule has 6 nitrogen and oxygen atoms in total. The minimum atomic E-state index is -4.66. The quantitative estimate of drug-likeness (QED) is 0.893. The first kappa shape index (κ1) is 17.4. The average Bonchev–Trinajstić information content (AvgIpc) is 3.02. The standard InChI is InChI=1S/C16H17F3N4O2/c1-2-13(24)23(12-7-20-8-12)9-10-3-5-11(6-4-10)14-21-15(25-22-14)16(17,18)19/h3-6,12,20H,2,7-9H2,1H3. The molecule has 25 heavy (non-hydrogen) atoms. The monoisotopic (exact) mass is 354 g/mol. The molecule has 9 heteroatoms. The number of benzene rings is 1. The summed E-state index contributed by atoms with van der Waals surface area (Å²) in [4.78, 5) is 17.3. The number of nitrogens with one attached hydrogen (secondary N) is 1. The van der Waals surface area contributed by atoms with E-state index in [1.165, 1.54) is 0 Å². The molecule has 134 valence electrons. The number of carbonyl (C=O) groups excluding carboxylic acids is 1. The number of nitrogens with zero attached hydrogens (tertiary/aromatic N) is 3. The van der Waals surface area contributed by atoms with Crippen LogP contribution in [0.2, 0.25) is 0 Å². The first-order valence-electron chi connectivity index (χ1n) is 7.89. The van der Waals surface area contributed by atoms with Crippen molar-refractivity contribution in [1.82, 2.24) is 20.4 Å². The maximum Gasteiger partial charge on any atom is 0.471 e. The van der Waals surface area contributed by atoms with Crippen LogP contribution in [-0.4, -0.2) is 40.1 Å². The molecule has 0 spiro atoms. The lowest BCUT2D eigenvalue weighted by Gasteiger charge is -2.38. The zero-order valence-corrected chi connectivity index (χ0v) is 13.5. The summed E-state index contributed by atoms with van der Waals surface area (Å²) in [6.07, 6.45) is -4.24. The van der Waals surface area contributed by atoms with Crippen LogP contribution in [0.5, 0.6) is 0 Å². The predicted molar refractivity (Wildman–Crippen MR) is 82.2 cm³/mol. The molecular formula is C16H17F3N4O2. The van der Waals surface area contributed by atoms with E-state index >= 15 is 0 Å². The Labute approximate surface area is 142 Å². The number of halogens is 3. The van der Waals surface area contributed by atoms with Crippen molar-refractivity contribution in [2.45, 2.75) is 32.1 Å². The first-order chi connectivity index (χ1) is 11.9. The third kappa shape index (κ3) is 3.81. The summed E-state index contributed by atoms with van der Waals surface area (Å²) in [5, 5.41) is 6.50. The first-order valence-corrected chi connectivity index (χ1v) is 7.89. The minimum absolute atomic E-state index is 0.0727. The number of carbonyl (C=O) groups is 1. The molecular weight excluding hydrogens is 337 g/mol. The number of rotatable bonds is 5. The van der Waals surface area contributed by atoms with Gasteiger partial charge in [0.15, 0.2) is 0 Å². The molecule has 1 amide bonds. The summed E-state index contributed by atoms with van der Waals surface area (Å²) < 4.78 is 41.8. The van der Waals surface area contributed by atoms with E-state index in [-0.39, 0.29) is 17.8 Å². The molecule has 1 N–H and O–H groups in total. The zero-order chi connectivity index (χ0) is 18.0. The summed E-state index contributed by atoms with van der Waals surface area (Å²) in [5.74, 6) is -1.42. The van der Waals surface area contributed by atoms with E-state index in [2.05, 4.69) is 20.0 Å². The molecule has 1 saturated heterocycles. The molecule has 1 aliphatic rings. The van der Waals surface area contributed by atoms with Gasteiger partial charge in [0, 0.05) is 31.6 Å². The van der Waals surface area contributed by atoms with Crippen LogP contribution in [0.1, 0.15) is 24.8 Å². The highest BCUT2D eigenvalue weighted by molar-refractivity contribution is 5.76. The van der Waals surface area contributed by atoms with Crippen LogP contribution >= 0.6 is 0 Å². The maximum atomic E-state index is 12.5. The van der Waals surface area contributed by atoms with Crippen molar-refractivity contribution < 1.29 is 22.5 Å². The number of hydrogen-bond acceptors (Lipinski definition) is 5. The lowest BCUT2D eigenvalue weighted by Crippen LogP contribution is -2.58. The van der Waals surface area contributed by atoms with Crippen molar-refractivity contribution in [2.24, 2.45) is 0 Å². The Morgan fingerprint density at radius 1 is 1.32 bits per heavy atom. The summed E-state index contributed by atoms with van der Waals surface area (Å²) >= 11 is 0. The Kier molecular flexibility index (Phi) is 4.76. The van der Waals surface area contributed by atoms with Gasteiger partial charge in [-0.1, -0.05) is 36.3 Å². The van der Waals surface area contributed by atoms with E-state index < -0.39 is 12.1 Å². The number of alkyl halides is 3. The molecule has 0 unspecified atom stereocenters. The molecule has 1 aromatic heterocycles. The molecule has 1 fully saturated rings. The lowest BCUT2D eigenvalue weighted by molar-refractivity contribution is -0.159. The molecule has 0 atom stereocenters. The number of amides is 1. The van der Waals surface area contributed by atoms with Crippen molar-refractivity contribution in [2.75, 3.05) is 13.1 Å². The number of hydrogen-bond donors (Lipinski definition) is 1. The Hall–Kier alpha value is -2.42. The van der Waals surface area contributed by atoms with Gasteiger partial charge in [-0.2, -0.15) is 18.2 Å².